The summed E-state index contributed by atoms with van der Waals surface area (Å²) in [4.78, 5) is 21.1. The van der Waals surface area contributed by atoms with E-state index in [9.17, 15) is 4.79 Å². The molecule has 118 valence electrons. The molecule has 0 aliphatic carbocycles. The quantitative estimate of drug-likeness (QED) is 0.671. The van der Waals surface area contributed by atoms with Gasteiger partial charge in [-0.2, -0.15) is 0 Å². The van der Waals surface area contributed by atoms with E-state index in [1.165, 1.54) is 0 Å². The van der Waals surface area contributed by atoms with Gasteiger partial charge in [-0.15, -0.1) is 0 Å². The van der Waals surface area contributed by atoms with Crippen molar-refractivity contribution in [1.29, 1.82) is 0 Å². The Morgan fingerprint density at radius 2 is 1.90 bits per heavy atom. The lowest BCUT2D eigenvalue weighted by Gasteiger charge is -2.28. The zero-order valence-electron chi connectivity index (χ0n) is 13.5. The number of hydrogen-bond acceptors (Lipinski definition) is 3. The third kappa shape index (κ3) is 6.14. The van der Waals surface area contributed by atoms with Gasteiger partial charge in [0.05, 0.1) is 5.56 Å². The maximum Gasteiger partial charge on any atom is 0.255 e. The van der Waals surface area contributed by atoms with E-state index in [1.807, 2.05) is 17.0 Å². The predicted octanol–water partition coefficient (Wildman–Crippen LogP) is 3.28. The largest absolute Gasteiger partial charge is 0.337 e. The highest BCUT2D eigenvalue weighted by Crippen LogP contribution is 2.10. The minimum absolute atomic E-state index is 0.0656. The van der Waals surface area contributed by atoms with Crippen LogP contribution in [-0.4, -0.2) is 53.4 Å². The number of rotatable bonds is 8. The third-order valence-corrected chi connectivity index (χ3v) is 3.90. The molecule has 0 fully saturated rings. The predicted molar refractivity (Wildman–Crippen MR) is 90.5 cm³/mol. The minimum Gasteiger partial charge on any atom is -0.337 e. The van der Waals surface area contributed by atoms with Crippen molar-refractivity contribution in [2.45, 2.75) is 27.7 Å². The average Bonchev–Trinajstić information content (AvgIpc) is 2.46. The molecule has 1 amide bonds. The van der Waals surface area contributed by atoms with Gasteiger partial charge in [-0.05, 0) is 47.1 Å². The van der Waals surface area contributed by atoms with E-state index < -0.39 is 0 Å². The van der Waals surface area contributed by atoms with Crippen molar-refractivity contribution >= 4 is 21.8 Å². The first-order chi connectivity index (χ1) is 9.97. The van der Waals surface area contributed by atoms with Gasteiger partial charge in [0.15, 0.2) is 0 Å². The number of aromatic nitrogens is 1. The van der Waals surface area contributed by atoms with Gasteiger partial charge in [0, 0.05) is 25.8 Å². The molecule has 0 N–H and O–H groups in total. The first kappa shape index (κ1) is 18.1. The normalized spacial score (nSPS) is 11.2. The van der Waals surface area contributed by atoms with Crippen LogP contribution in [0, 0.1) is 5.92 Å². The van der Waals surface area contributed by atoms with Gasteiger partial charge < -0.3 is 9.80 Å². The van der Waals surface area contributed by atoms with Gasteiger partial charge in [-0.1, -0.05) is 27.7 Å². The van der Waals surface area contributed by atoms with Crippen LogP contribution in [0.5, 0.6) is 0 Å². The summed E-state index contributed by atoms with van der Waals surface area (Å²) in [6.45, 7) is 13.0. The van der Waals surface area contributed by atoms with Crippen LogP contribution in [0.15, 0.2) is 22.9 Å². The van der Waals surface area contributed by atoms with E-state index in [2.05, 4.69) is 53.5 Å². The van der Waals surface area contributed by atoms with E-state index in [0.717, 1.165) is 37.3 Å². The Bertz CT molecular complexity index is 430. The molecule has 0 unspecified atom stereocenters. The van der Waals surface area contributed by atoms with Crippen LogP contribution in [0.3, 0.4) is 0 Å². The Morgan fingerprint density at radius 3 is 2.38 bits per heavy atom. The summed E-state index contributed by atoms with van der Waals surface area (Å²) in [5.74, 6) is 0.518. The number of amides is 1. The number of halogens is 1. The summed E-state index contributed by atoms with van der Waals surface area (Å²) in [7, 11) is 0. The number of carbonyl (C=O) groups excluding carboxylic acids is 1. The fourth-order valence-electron chi connectivity index (χ4n) is 2.20. The first-order valence-corrected chi connectivity index (χ1v) is 8.40. The van der Waals surface area contributed by atoms with E-state index in [-0.39, 0.29) is 5.91 Å². The van der Waals surface area contributed by atoms with Crippen molar-refractivity contribution in [2.75, 3.05) is 32.7 Å². The summed E-state index contributed by atoms with van der Waals surface area (Å²) in [5.41, 5.74) is 0.651. The Morgan fingerprint density at radius 1 is 1.24 bits per heavy atom. The van der Waals surface area contributed by atoms with Crippen LogP contribution in [0.2, 0.25) is 0 Å². The topological polar surface area (TPSA) is 36.4 Å². The highest BCUT2D eigenvalue weighted by Gasteiger charge is 2.17. The zero-order chi connectivity index (χ0) is 15.8. The van der Waals surface area contributed by atoms with Crippen molar-refractivity contribution in [1.82, 2.24) is 14.8 Å². The highest BCUT2D eigenvalue weighted by molar-refractivity contribution is 9.10. The van der Waals surface area contributed by atoms with Crippen LogP contribution in [0.25, 0.3) is 0 Å². The molecule has 0 spiro atoms. The molecule has 0 atom stereocenters. The maximum absolute atomic E-state index is 12.6. The number of nitrogens with zero attached hydrogens (tertiary/aromatic N) is 3. The fraction of sp³-hybridized carbons (Fsp3) is 0.625. The average molecular weight is 356 g/mol. The molecule has 1 rings (SSSR count). The number of hydrogen-bond donors (Lipinski definition) is 0. The van der Waals surface area contributed by atoms with Crippen molar-refractivity contribution in [3.05, 3.63) is 28.5 Å². The maximum atomic E-state index is 12.6. The smallest absolute Gasteiger partial charge is 0.255 e. The molecule has 1 heterocycles. The zero-order valence-corrected chi connectivity index (χ0v) is 15.1. The van der Waals surface area contributed by atoms with Crippen molar-refractivity contribution in [3.63, 3.8) is 0 Å². The van der Waals surface area contributed by atoms with Gasteiger partial charge >= 0.3 is 0 Å². The van der Waals surface area contributed by atoms with Gasteiger partial charge in [-0.3, -0.25) is 4.79 Å². The molecular weight excluding hydrogens is 330 g/mol. The van der Waals surface area contributed by atoms with E-state index in [1.54, 1.807) is 6.20 Å². The number of pyridine rings is 1. The second-order valence-corrected chi connectivity index (χ2v) is 6.35. The van der Waals surface area contributed by atoms with Crippen LogP contribution in [-0.2, 0) is 0 Å². The molecule has 21 heavy (non-hydrogen) atoms. The Balaban J connectivity index is 2.76. The van der Waals surface area contributed by atoms with Gasteiger partial charge in [-0.25, -0.2) is 4.98 Å². The first-order valence-electron chi connectivity index (χ1n) is 7.61. The highest BCUT2D eigenvalue weighted by atomic mass is 79.9. The monoisotopic (exact) mass is 355 g/mol. The molecule has 1 aromatic rings. The SMILES string of the molecule is CCN(CC)CCN(CC(C)C)C(=O)c1ccc(Br)nc1. The summed E-state index contributed by atoms with van der Waals surface area (Å²) >= 11 is 3.30. The molecule has 1 aromatic heterocycles. The van der Waals surface area contributed by atoms with E-state index in [0.29, 0.717) is 11.5 Å². The standard InChI is InChI=1S/C16H26BrN3O/c1-5-19(6-2)9-10-20(12-13(3)4)16(21)14-7-8-15(17)18-11-14/h7-8,11,13H,5-6,9-10,12H2,1-4H3. The lowest BCUT2D eigenvalue weighted by Crippen LogP contribution is -2.40. The Hall–Kier alpha value is -0.940. The summed E-state index contributed by atoms with van der Waals surface area (Å²) in [6.07, 6.45) is 1.64. The molecule has 5 heteroatoms. The molecule has 0 aromatic carbocycles. The van der Waals surface area contributed by atoms with Gasteiger partial charge in [0.2, 0.25) is 0 Å². The van der Waals surface area contributed by atoms with E-state index in [4.69, 9.17) is 0 Å². The molecule has 0 aliphatic rings. The summed E-state index contributed by atoms with van der Waals surface area (Å²) in [6, 6.07) is 3.63. The summed E-state index contributed by atoms with van der Waals surface area (Å²) < 4.78 is 0.748. The van der Waals surface area contributed by atoms with Crippen molar-refractivity contribution < 1.29 is 4.79 Å². The fourth-order valence-corrected chi connectivity index (χ4v) is 2.44. The van der Waals surface area contributed by atoms with Gasteiger partial charge in [0.1, 0.15) is 4.60 Å². The van der Waals surface area contributed by atoms with Crippen LogP contribution < -0.4 is 0 Å². The number of likely N-dealkylation sites (N-methyl/N-ethyl adjacent to an activating group) is 1. The van der Waals surface area contributed by atoms with Crippen LogP contribution in [0.4, 0.5) is 0 Å². The second kappa shape index (κ2) is 9.15. The third-order valence-electron chi connectivity index (χ3n) is 3.43. The Labute approximate surface area is 136 Å². The molecule has 0 aliphatic heterocycles. The molecule has 0 saturated heterocycles. The molecule has 4 nitrogen and oxygen atoms in total. The molecule has 0 bridgehead atoms. The lowest BCUT2D eigenvalue weighted by molar-refractivity contribution is 0.0716. The molecule has 0 radical (unpaired) electrons. The number of carbonyl (C=O) groups is 1. The van der Waals surface area contributed by atoms with Gasteiger partial charge in [0.25, 0.3) is 5.91 Å². The summed E-state index contributed by atoms with van der Waals surface area (Å²) in [5, 5.41) is 0. The van der Waals surface area contributed by atoms with Crippen molar-refractivity contribution in [2.24, 2.45) is 5.92 Å². The van der Waals surface area contributed by atoms with Crippen LogP contribution in [0.1, 0.15) is 38.1 Å². The second-order valence-electron chi connectivity index (χ2n) is 5.54. The van der Waals surface area contributed by atoms with Crippen molar-refractivity contribution in [3.8, 4) is 0 Å². The van der Waals surface area contributed by atoms with E-state index >= 15 is 0 Å². The molecule has 0 saturated carbocycles. The van der Waals surface area contributed by atoms with Crippen LogP contribution >= 0.6 is 15.9 Å². The lowest BCUT2D eigenvalue weighted by atomic mass is 10.1. The Kier molecular flexibility index (Phi) is 7.89. The molecular formula is C16H26BrN3O. The minimum atomic E-state index is 0.0656.